The van der Waals surface area contributed by atoms with Gasteiger partial charge >= 0.3 is 8.01 Å². The van der Waals surface area contributed by atoms with E-state index >= 15 is 0 Å². The molecule has 0 unspecified atom stereocenters. The van der Waals surface area contributed by atoms with Gasteiger partial charge in [0.2, 0.25) is 0 Å². The zero-order chi connectivity index (χ0) is 8.39. The van der Waals surface area contributed by atoms with Crippen molar-refractivity contribution in [1.82, 2.24) is 15.2 Å². The van der Waals surface area contributed by atoms with Crippen molar-refractivity contribution in [2.24, 2.45) is 0 Å². The molecule has 0 aliphatic carbocycles. The van der Waals surface area contributed by atoms with Crippen molar-refractivity contribution in [3.05, 3.63) is 24.3 Å². The zero-order valence-electron chi connectivity index (χ0n) is 6.77. The van der Waals surface area contributed by atoms with Gasteiger partial charge in [0.15, 0.2) is 0 Å². The first-order valence-corrected chi connectivity index (χ1v) is 3.15. The van der Waals surface area contributed by atoms with E-state index in [1.165, 1.54) is 4.85 Å². The second kappa shape index (κ2) is 2.27. The molecule has 0 radical (unpaired) electrons. The van der Waals surface area contributed by atoms with Gasteiger partial charge in [-0.25, -0.2) is 0 Å². The molecule has 0 bridgehead atoms. The maximum Gasteiger partial charge on any atom is 0.360 e. The number of rotatable bonds is 2. The van der Waals surface area contributed by atoms with E-state index in [-0.39, 0.29) is 8.01 Å². The molecule has 1 heterocycles. The van der Waals surface area contributed by atoms with Crippen LogP contribution in [0.15, 0.2) is 24.3 Å². The summed E-state index contributed by atoms with van der Waals surface area (Å²) in [6.45, 7) is 0. The fourth-order valence-corrected chi connectivity index (χ4v) is 0.943. The first-order chi connectivity index (χ1) is 5.92. The molecule has 0 amide bonds. The highest BCUT2D eigenvalue weighted by molar-refractivity contribution is 5.98. The van der Waals surface area contributed by atoms with Gasteiger partial charge in [-0.1, -0.05) is 17.0 Å². The van der Waals surface area contributed by atoms with Crippen LogP contribution in [0.2, 0.25) is 0 Å². The Balaban J connectivity index is 2.55. The summed E-state index contributed by atoms with van der Waals surface area (Å²) in [6.07, 6.45) is 0. The molecule has 0 atom stereocenters. The lowest BCUT2D eigenvalue weighted by molar-refractivity contribution is 0.261. The second-order valence-corrected chi connectivity index (χ2v) is 2.08. The molecule has 0 aliphatic rings. The fourth-order valence-electron chi connectivity index (χ4n) is 0.943. The van der Waals surface area contributed by atoms with E-state index in [4.69, 9.17) is 6.09 Å². The lowest BCUT2D eigenvalue weighted by Gasteiger charge is -1.96. The van der Waals surface area contributed by atoms with E-state index in [2.05, 4.69) is 10.3 Å². The summed E-state index contributed by atoms with van der Waals surface area (Å²) in [5.41, 5.74) is 1.55. The average molecular weight is 149 g/mol. The van der Waals surface area contributed by atoms with Gasteiger partial charge < -0.3 is 4.76 Å². The minimum atomic E-state index is -0.159. The molecule has 0 spiro atoms. The molecule has 0 aliphatic heterocycles. The summed E-state index contributed by atoms with van der Waals surface area (Å²) in [6, 6.07) is 7.43. The first-order valence-electron chi connectivity index (χ1n) is 3.85. The topological polar surface area (TPSA) is 39.9 Å². The highest BCUT2D eigenvalue weighted by atomic mass is 16.6. The molecule has 5 heteroatoms. The van der Waals surface area contributed by atoms with Gasteiger partial charge in [0, 0.05) is 1.34 Å². The third-order valence-electron chi connectivity index (χ3n) is 1.44. The molecule has 4 nitrogen and oxygen atoms in total. The summed E-state index contributed by atoms with van der Waals surface area (Å²) in [7, 11) is -0.159. The van der Waals surface area contributed by atoms with Crippen LogP contribution in [-0.4, -0.2) is 24.5 Å². The Kier molecular flexibility index (Phi) is 1.07. The largest absolute Gasteiger partial charge is 0.479 e. The third-order valence-corrected chi connectivity index (χ3v) is 1.44. The molecule has 0 N–H and O–H groups in total. The molecule has 0 fully saturated rings. The predicted octanol–water partition coefficient (Wildman–Crippen LogP) is -0.592. The van der Waals surface area contributed by atoms with Crippen LogP contribution in [0.3, 0.4) is 0 Å². The van der Waals surface area contributed by atoms with E-state index in [0.29, 0.717) is 0 Å². The molecule has 2 rings (SSSR count). The van der Waals surface area contributed by atoms with Gasteiger partial charge in [-0.05, 0) is 17.3 Å². The normalized spacial score (nSPS) is 11.1. The SMILES string of the molecule is [3H]BOn1nnc2ccccc21. The van der Waals surface area contributed by atoms with Crippen molar-refractivity contribution < 1.29 is 4.76 Å². The number of hydrogen-bond donors (Lipinski definition) is 0. The minimum absolute atomic E-state index is 0.159. The monoisotopic (exact) mass is 149 g/mol. The van der Waals surface area contributed by atoms with E-state index in [1.54, 1.807) is 0 Å². The van der Waals surface area contributed by atoms with E-state index in [9.17, 15) is 0 Å². The lowest BCUT2D eigenvalue weighted by atomic mass is 10.3. The van der Waals surface area contributed by atoms with Gasteiger partial charge in [0.25, 0.3) is 0 Å². The van der Waals surface area contributed by atoms with Crippen molar-refractivity contribution in [1.29, 1.82) is 1.34 Å². The fraction of sp³-hybridized carbons (Fsp3) is 0. The Morgan fingerprint density at radius 1 is 1.55 bits per heavy atom. The Hall–Kier alpha value is -1.52. The Morgan fingerprint density at radius 2 is 2.45 bits per heavy atom. The van der Waals surface area contributed by atoms with Crippen molar-refractivity contribution in [3.8, 4) is 0 Å². The zero-order valence-corrected chi connectivity index (χ0v) is 5.77. The van der Waals surface area contributed by atoms with E-state index in [0.717, 1.165) is 11.0 Å². The summed E-state index contributed by atoms with van der Waals surface area (Å²) in [4.78, 5) is 1.25. The van der Waals surface area contributed by atoms with Crippen LogP contribution in [0.25, 0.3) is 11.0 Å². The summed E-state index contributed by atoms with van der Waals surface area (Å²) in [5, 5.41) is 7.55. The smallest absolute Gasteiger partial charge is 0.360 e. The Labute approximate surface area is 65.5 Å². The van der Waals surface area contributed by atoms with E-state index in [1.807, 2.05) is 24.3 Å². The van der Waals surface area contributed by atoms with Crippen molar-refractivity contribution in [2.45, 2.75) is 0 Å². The van der Waals surface area contributed by atoms with Crippen LogP contribution in [0, 0.1) is 0 Å². The van der Waals surface area contributed by atoms with Gasteiger partial charge in [-0.15, -0.1) is 5.10 Å². The lowest BCUT2D eigenvalue weighted by Crippen LogP contribution is -2.08. The maximum atomic E-state index is 6.84. The molecule has 1 aromatic carbocycles. The van der Waals surface area contributed by atoms with Crippen LogP contribution in [0.1, 0.15) is 0 Å². The number of fused-ring (bicyclic) bond motifs is 1. The number of hydrogen-bond acceptors (Lipinski definition) is 3. The number of nitrogens with zero attached hydrogens (tertiary/aromatic N) is 3. The third kappa shape index (κ3) is 0.850. The Morgan fingerprint density at radius 3 is 3.36 bits per heavy atom. The molecule has 11 heavy (non-hydrogen) atoms. The molecule has 0 saturated carbocycles. The molecule has 0 saturated heterocycles. The van der Waals surface area contributed by atoms with Crippen molar-refractivity contribution >= 4 is 19.0 Å². The van der Waals surface area contributed by atoms with Gasteiger partial charge in [-0.2, -0.15) is 0 Å². The van der Waals surface area contributed by atoms with Crippen LogP contribution >= 0.6 is 0 Å². The van der Waals surface area contributed by atoms with Crippen LogP contribution in [0.5, 0.6) is 0 Å². The van der Waals surface area contributed by atoms with Crippen LogP contribution < -0.4 is 4.76 Å². The van der Waals surface area contributed by atoms with Gasteiger partial charge in [0.05, 0.1) is 0 Å². The summed E-state index contributed by atoms with van der Waals surface area (Å²) in [5.74, 6) is 0. The molecule has 2 aromatic rings. The minimum Gasteiger partial charge on any atom is -0.479 e. The summed E-state index contributed by atoms with van der Waals surface area (Å²) >= 11 is 0. The number of benzene rings is 1. The van der Waals surface area contributed by atoms with Crippen molar-refractivity contribution in [3.63, 3.8) is 0 Å². The molecule has 1 aromatic heterocycles. The standard InChI is InChI=1S/C6H6BN3O/c7-11-10-6-4-2-1-3-5(6)8-9-10/h1-4H,7H2/i7T. The summed E-state index contributed by atoms with van der Waals surface area (Å²) < 4.78 is 11.7. The van der Waals surface area contributed by atoms with Crippen molar-refractivity contribution in [2.75, 3.05) is 0 Å². The average Bonchev–Trinajstić information content (AvgIpc) is 2.50. The predicted molar refractivity (Wildman–Crippen MR) is 42.7 cm³/mol. The molecular formula is C6H6BN3O. The van der Waals surface area contributed by atoms with Gasteiger partial charge in [-0.3, -0.25) is 0 Å². The highest BCUT2D eigenvalue weighted by Crippen LogP contribution is 2.07. The second-order valence-electron chi connectivity index (χ2n) is 2.08. The highest BCUT2D eigenvalue weighted by Gasteiger charge is 1.99. The Bertz CT molecular complexity index is 391. The van der Waals surface area contributed by atoms with Gasteiger partial charge in [0.1, 0.15) is 11.0 Å². The first kappa shape index (κ1) is 5.18. The quantitative estimate of drug-likeness (QED) is 0.535. The van der Waals surface area contributed by atoms with Crippen LogP contribution in [0.4, 0.5) is 0 Å². The molecular weight excluding hydrogens is 141 g/mol. The number of aromatic nitrogens is 3. The maximum absolute atomic E-state index is 6.84. The number of para-hydroxylation sites is 1. The van der Waals surface area contributed by atoms with Crippen LogP contribution in [-0.2, 0) is 0 Å². The van der Waals surface area contributed by atoms with E-state index < -0.39 is 0 Å². The molecule has 54 valence electrons.